The molecule has 0 saturated heterocycles. The minimum Gasteiger partial charge on any atom is -0.476 e. The van der Waals surface area contributed by atoms with Crippen molar-refractivity contribution in [1.29, 1.82) is 0 Å². The van der Waals surface area contributed by atoms with Crippen LogP contribution in [0.3, 0.4) is 0 Å². The van der Waals surface area contributed by atoms with Crippen molar-refractivity contribution in [2.24, 2.45) is 0 Å². The zero-order valence-electron chi connectivity index (χ0n) is 13.6. The third-order valence-electron chi connectivity index (χ3n) is 3.17. The standard InChI is InChI=1S/C16H29N3O/c1-6-19(7-2)10-11-20-15-12-14(8-9-17-15)13-18-16(3,4)5/h8-9,12,18H,6-7,10-11,13H2,1-5H3. The molecule has 0 aliphatic carbocycles. The van der Waals surface area contributed by atoms with Gasteiger partial charge in [0.05, 0.1) is 0 Å². The Morgan fingerprint density at radius 1 is 1.25 bits per heavy atom. The molecule has 0 atom stereocenters. The van der Waals surface area contributed by atoms with E-state index in [4.69, 9.17) is 4.74 Å². The van der Waals surface area contributed by atoms with Crippen LogP contribution in [0.15, 0.2) is 18.3 Å². The Kier molecular flexibility index (Phi) is 6.96. The first kappa shape index (κ1) is 16.9. The summed E-state index contributed by atoms with van der Waals surface area (Å²) in [6.45, 7) is 15.4. The van der Waals surface area contributed by atoms with Crippen LogP contribution in [0.2, 0.25) is 0 Å². The zero-order valence-corrected chi connectivity index (χ0v) is 13.6. The fourth-order valence-electron chi connectivity index (χ4n) is 1.83. The van der Waals surface area contributed by atoms with Crippen LogP contribution < -0.4 is 10.1 Å². The van der Waals surface area contributed by atoms with Gasteiger partial charge in [-0.3, -0.25) is 0 Å². The van der Waals surface area contributed by atoms with Gasteiger partial charge in [-0.15, -0.1) is 0 Å². The molecule has 1 N–H and O–H groups in total. The lowest BCUT2D eigenvalue weighted by atomic mass is 10.1. The third-order valence-corrected chi connectivity index (χ3v) is 3.17. The maximum atomic E-state index is 5.73. The van der Waals surface area contributed by atoms with Gasteiger partial charge in [0.15, 0.2) is 0 Å². The summed E-state index contributed by atoms with van der Waals surface area (Å²) in [5.41, 5.74) is 1.32. The highest BCUT2D eigenvalue weighted by molar-refractivity contribution is 5.20. The SMILES string of the molecule is CCN(CC)CCOc1cc(CNC(C)(C)C)ccn1. The summed E-state index contributed by atoms with van der Waals surface area (Å²) in [6, 6.07) is 4.04. The van der Waals surface area contributed by atoms with E-state index in [-0.39, 0.29) is 5.54 Å². The first-order chi connectivity index (χ1) is 9.44. The predicted molar refractivity (Wildman–Crippen MR) is 84.1 cm³/mol. The number of pyridine rings is 1. The van der Waals surface area contributed by atoms with Gasteiger partial charge in [-0.25, -0.2) is 4.98 Å². The number of ether oxygens (including phenoxy) is 1. The van der Waals surface area contributed by atoms with Crippen LogP contribution in [0.25, 0.3) is 0 Å². The van der Waals surface area contributed by atoms with E-state index in [1.54, 1.807) is 0 Å². The van der Waals surface area contributed by atoms with Gasteiger partial charge in [0, 0.05) is 30.9 Å². The van der Waals surface area contributed by atoms with E-state index in [0.717, 1.165) is 26.2 Å². The third kappa shape index (κ3) is 6.87. The number of nitrogens with one attached hydrogen (secondary N) is 1. The Bertz CT molecular complexity index is 384. The minimum atomic E-state index is 0.118. The molecule has 4 heteroatoms. The molecule has 0 saturated carbocycles. The van der Waals surface area contributed by atoms with Gasteiger partial charge >= 0.3 is 0 Å². The highest BCUT2D eigenvalue weighted by Crippen LogP contribution is 2.10. The van der Waals surface area contributed by atoms with Gasteiger partial charge in [0.1, 0.15) is 6.61 Å². The molecule has 0 spiro atoms. The molecule has 4 nitrogen and oxygen atoms in total. The second-order valence-electron chi connectivity index (χ2n) is 5.98. The monoisotopic (exact) mass is 279 g/mol. The van der Waals surface area contributed by atoms with Crippen molar-refractivity contribution in [3.05, 3.63) is 23.9 Å². The van der Waals surface area contributed by atoms with Crippen LogP contribution >= 0.6 is 0 Å². The van der Waals surface area contributed by atoms with Crippen molar-refractivity contribution in [2.45, 2.75) is 46.7 Å². The highest BCUT2D eigenvalue weighted by Gasteiger charge is 2.09. The molecule has 1 aromatic rings. The molecule has 0 amide bonds. The summed E-state index contributed by atoms with van der Waals surface area (Å²) in [4.78, 5) is 6.60. The molecular formula is C16H29N3O. The molecule has 0 aromatic carbocycles. The quantitative estimate of drug-likeness (QED) is 0.794. The number of hydrogen-bond acceptors (Lipinski definition) is 4. The molecule has 20 heavy (non-hydrogen) atoms. The summed E-state index contributed by atoms with van der Waals surface area (Å²) >= 11 is 0. The van der Waals surface area contributed by atoms with Gasteiger partial charge in [0.2, 0.25) is 5.88 Å². The van der Waals surface area contributed by atoms with Gasteiger partial charge in [-0.1, -0.05) is 13.8 Å². The molecule has 0 bridgehead atoms. The van der Waals surface area contributed by atoms with E-state index in [2.05, 4.69) is 49.8 Å². The van der Waals surface area contributed by atoms with Crippen LogP contribution in [0, 0.1) is 0 Å². The van der Waals surface area contributed by atoms with Crippen LogP contribution in [0.1, 0.15) is 40.2 Å². The Hall–Kier alpha value is -1.13. The lowest BCUT2D eigenvalue weighted by Crippen LogP contribution is -2.35. The molecule has 0 radical (unpaired) electrons. The first-order valence-corrected chi connectivity index (χ1v) is 7.49. The topological polar surface area (TPSA) is 37.4 Å². The summed E-state index contributed by atoms with van der Waals surface area (Å²) in [6.07, 6.45) is 1.81. The van der Waals surface area contributed by atoms with Crippen LogP contribution in [0.4, 0.5) is 0 Å². The molecule has 0 aliphatic heterocycles. The lowest BCUT2D eigenvalue weighted by molar-refractivity contribution is 0.218. The van der Waals surface area contributed by atoms with E-state index < -0.39 is 0 Å². The molecule has 0 unspecified atom stereocenters. The van der Waals surface area contributed by atoms with Gasteiger partial charge < -0.3 is 15.0 Å². The van der Waals surface area contributed by atoms with Crippen molar-refractivity contribution in [3.8, 4) is 5.88 Å². The second kappa shape index (κ2) is 8.22. The van der Waals surface area contributed by atoms with Crippen molar-refractivity contribution >= 4 is 0 Å². The number of hydrogen-bond donors (Lipinski definition) is 1. The average Bonchev–Trinajstić information content (AvgIpc) is 2.41. The molecule has 114 valence electrons. The predicted octanol–water partition coefficient (Wildman–Crippen LogP) is 2.69. The van der Waals surface area contributed by atoms with E-state index in [9.17, 15) is 0 Å². The van der Waals surface area contributed by atoms with Gasteiger partial charge in [-0.05, 0) is 45.5 Å². The number of rotatable bonds is 8. The van der Waals surface area contributed by atoms with Crippen molar-refractivity contribution in [2.75, 3.05) is 26.2 Å². The van der Waals surface area contributed by atoms with Crippen LogP contribution in [0.5, 0.6) is 5.88 Å². The maximum absolute atomic E-state index is 5.73. The lowest BCUT2D eigenvalue weighted by Gasteiger charge is -2.21. The molecule has 1 rings (SSSR count). The van der Waals surface area contributed by atoms with Crippen molar-refractivity contribution in [1.82, 2.24) is 15.2 Å². The van der Waals surface area contributed by atoms with Gasteiger partial charge in [-0.2, -0.15) is 0 Å². The number of nitrogens with zero attached hydrogens (tertiary/aromatic N) is 2. The summed E-state index contributed by atoms with van der Waals surface area (Å²) in [5.74, 6) is 0.713. The Morgan fingerprint density at radius 3 is 2.55 bits per heavy atom. The fraction of sp³-hybridized carbons (Fsp3) is 0.688. The van der Waals surface area contributed by atoms with Gasteiger partial charge in [0.25, 0.3) is 0 Å². The molecule has 0 fully saturated rings. The smallest absolute Gasteiger partial charge is 0.213 e. The first-order valence-electron chi connectivity index (χ1n) is 7.49. The maximum Gasteiger partial charge on any atom is 0.213 e. The molecule has 0 aliphatic rings. The zero-order chi connectivity index (χ0) is 15.0. The fourth-order valence-corrected chi connectivity index (χ4v) is 1.83. The summed E-state index contributed by atoms with van der Waals surface area (Å²) < 4.78 is 5.73. The minimum absolute atomic E-state index is 0.118. The molecule has 1 heterocycles. The van der Waals surface area contributed by atoms with E-state index >= 15 is 0 Å². The Morgan fingerprint density at radius 2 is 1.95 bits per heavy atom. The molecule has 1 aromatic heterocycles. The van der Waals surface area contributed by atoms with Crippen LogP contribution in [-0.2, 0) is 6.54 Å². The van der Waals surface area contributed by atoms with Crippen molar-refractivity contribution < 1.29 is 4.74 Å². The molecular weight excluding hydrogens is 250 g/mol. The number of aromatic nitrogens is 1. The Labute approximate surface area is 123 Å². The summed E-state index contributed by atoms with van der Waals surface area (Å²) in [5, 5.41) is 3.47. The van der Waals surface area contributed by atoms with Crippen molar-refractivity contribution in [3.63, 3.8) is 0 Å². The highest BCUT2D eigenvalue weighted by atomic mass is 16.5. The van der Waals surface area contributed by atoms with E-state index in [0.29, 0.717) is 12.5 Å². The van der Waals surface area contributed by atoms with E-state index in [1.807, 2.05) is 18.3 Å². The normalized spacial score (nSPS) is 11.9. The summed E-state index contributed by atoms with van der Waals surface area (Å²) in [7, 11) is 0. The van der Waals surface area contributed by atoms with Crippen LogP contribution in [-0.4, -0.2) is 41.7 Å². The van der Waals surface area contributed by atoms with E-state index in [1.165, 1.54) is 5.56 Å². The number of likely N-dealkylation sites (N-methyl/N-ethyl adjacent to an activating group) is 1. The largest absolute Gasteiger partial charge is 0.476 e. The average molecular weight is 279 g/mol. The Balaban J connectivity index is 2.43. The second-order valence-corrected chi connectivity index (χ2v) is 5.98.